The molecule has 2 aliphatic carbocycles. The van der Waals surface area contributed by atoms with Crippen molar-refractivity contribution < 1.29 is 14.7 Å². The van der Waals surface area contributed by atoms with Crippen molar-refractivity contribution >= 4 is 11.9 Å². The first-order valence-corrected chi connectivity index (χ1v) is 7.14. The number of carbonyl (C=O) groups excluding carboxylic acids is 1. The van der Waals surface area contributed by atoms with Crippen LogP contribution in [0.4, 0.5) is 0 Å². The Morgan fingerprint density at radius 2 is 1.90 bits per heavy atom. The third-order valence-corrected chi connectivity index (χ3v) is 4.64. The lowest BCUT2D eigenvalue weighted by atomic mass is 9.87. The lowest BCUT2D eigenvalue weighted by molar-refractivity contribution is -0.142. The second-order valence-electron chi connectivity index (χ2n) is 5.90. The molecule has 0 saturated heterocycles. The number of carboxylic acid groups (broad SMARTS) is 1. The number of rotatable bonds is 3. The lowest BCUT2D eigenvalue weighted by Crippen LogP contribution is -2.41. The number of fused-ring (bicyclic) bond motifs is 1. The molecule has 0 bridgehead atoms. The molecular formula is C16H19NO3. The van der Waals surface area contributed by atoms with Gasteiger partial charge in [-0.25, -0.2) is 0 Å². The summed E-state index contributed by atoms with van der Waals surface area (Å²) in [5, 5.41) is 8.92. The number of likely N-dealkylation sites (N-methyl/N-ethyl adjacent to an activating group) is 1. The molecule has 0 aromatic heterocycles. The number of carbonyl (C=O) groups is 2. The zero-order valence-corrected chi connectivity index (χ0v) is 11.6. The summed E-state index contributed by atoms with van der Waals surface area (Å²) in [4.78, 5) is 24.9. The first kappa shape index (κ1) is 13.2. The van der Waals surface area contributed by atoms with Crippen molar-refractivity contribution in [2.24, 2.45) is 11.8 Å². The van der Waals surface area contributed by atoms with E-state index in [2.05, 4.69) is 18.2 Å². The smallest absolute Gasteiger partial charge is 0.307 e. The Morgan fingerprint density at radius 3 is 2.55 bits per heavy atom. The van der Waals surface area contributed by atoms with Gasteiger partial charge in [0.1, 0.15) is 0 Å². The van der Waals surface area contributed by atoms with Crippen LogP contribution in [-0.4, -0.2) is 35.0 Å². The maximum atomic E-state index is 12.3. The molecule has 0 unspecified atom stereocenters. The Hall–Kier alpha value is -1.84. The standard InChI is InChI=1S/C16H19NO3/c1-17(15(18)13-9-14(13)16(19)20)12-7-6-10-4-2-3-5-11(10)8-12/h2-5,12-14H,6-9H2,1H3,(H,19,20)/t12-,13+,14+/m0/s1. The number of aliphatic carboxylic acids is 1. The molecule has 1 N–H and O–H groups in total. The summed E-state index contributed by atoms with van der Waals surface area (Å²) in [6, 6.07) is 8.55. The molecule has 1 aromatic rings. The van der Waals surface area contributed by atoms with E-state index >= 15 is 0 Å². The van der Waals surface area contributed by atoms with Crippen LogP contribution in [0.1, 0.15) is 24.0 Å². The van der Waals surface area contributed by atoms with Crippen LogP contribution >= 0.6 is 0 Å². The molecule has 4 nitrogen and oxygen atoms in total. The minimum Gasteiger partial charge on any atom is -0.481 e. The molecule has 3 rings (SSSR count). The largest absolute Gasteiger partial charge is 0.481 e. The minimum absolute atomic E-state index is 0.00165. The van der Waals surface area contributed by atoms with Gasteiger partial charge in [-0.2, -0.15) is 0 Å². The van der Waals surface area contributed by atoms with E-state index in [1.54, 1.807) is 4.90 Å². The van der Waals surface area contributed by atoms with Crippen molar-refractivity contribution in [2.75, 3.05) is 7.05 Å². The van der Waals surface area contributed by atoms with Gasteiger partial charge in [-0.1, -0.05) is 24.3 Å². The average molecular weight is 273 g/mol. The van der Waals surface area contributed by atoms with Gasteiger partial charge in [0.15, 0.2) is 0 Å². The van der Waals surface area contributed by atoms with E-state index < -0.39 is 11.9 Å². The maximum Gasteiger partial charge on any atom is 0.307 e. The van der Waals surface area contributed by atoms with E-state index in [1.807, 2.05) is 13.1 Å². The number of hydrogen-bond acceptors (Lipinski definition) is 2. The Kier molecular flexibility index (Phi) is 3.24. The fraction of sp³-hybridized carbons (Fsp3) is 0.500. The summed E-state index contributed by atoms with van der Waals surface area (Å²) in [7, 11) is 1.82. The molecular weight excluding hydrogens is 254 g/mol. The summed E-state index contributed by atoms with van der Waals surface area (Å²) in [5.74, 6) is -1.59. The van der Waals surface area contributed by atoms with Crippen LogP contribution in [0.3, 0.4) is 0 Å². The third-order valence-electron chi connectivity index (χ3n) is 4.64. The molecule has 2 aliphatic rings. The van der Waals surface area contributed by atoms with Crippen molar-refractivity contribution in [1.29, 1.82) is 0 Å². The monoisotopic (exact) mass is 273 g/mol. The topological polar surface area (TPSA) is 57.6 Å². The van der Waals surface area contributed by atoms with Crippen LogP contribution in [0.15, 0.2) is 24.3 Å². The Morgan fingerprint density at radius 1 is 1.20 bits per heavy atom. The molecule has 1 fully saturated rings. The van der Waals surface area contributed by atoms with E-state index in [4.69, 9.17) is 5.11 Å². The van der Waals surface area contributed by atoms with Gasteiger partial charge in [0.05, 0.1) is 11.8 Å². The molecule has 0 heterocycles. The van der Waals surface area contributed by atoms with Gasteiger partial charge in [-0.3, -0.25) is 9.59 Å². The highest BCUT2D eigenvalue weighted by Crippen LogP contribution is 2.40. The average Bonchev–Trinajstić information content (AvgIpc) is 3.26. The van der Waals surface area contributed by atoms with Gasteiger partial charge < -0.3 is 10.0 Å². The van der Waals surface area contributed by atoms with Crippen molar-refractivity contribution in [1.82, 2.24) is 4.90 Å². The van der Waals surface area contributed by atoms with E-state index in [9.17, 15) is 9.59 Å². The molecule has 1 saturated carbocycles. The second kappa shape index (κ2) is 4.93. The molecule has 0 spiro atoms. The van der Waals surface area contributed by atoms with Crippen molar-refractivity contribution in [2.45, 2.75) is 31.7 Å². The van der Waals surface area contributed by atoms with Crippen LogP contribution in [0, 0.1) is 11.8 Å². The van der Waals surface area contributed by atoms with Crippen molar-refractivity contribution in [3.05, 3.63) is 35.4 Å². The molecule has 4 heteroatoms. The van der Waals surface area contributed by atoms with E-state index in [1.165, 1.54) is 11.1 Å². The molecule has 0 aliphatic heterocycles. The van der Waals surface area contributed by atoms with E-state index in [-0.39, 0.29) is 17.9 Å². The first-order valence-electron chi connectivity index (χ1n) is 7.14. The van der Waals surface area contributed by atoms with Crippen LogP contribution in [0.2, 0.25) is 0 Å². The lowest BCUT2D eigenvalue weighted by Gasteiger charge is -2.32. The minimum atomic E-state index is -0.842. The number of carboxylic acids is 1. The number of aryl methyl sites for hydroxylation is 1. The fourth-order valence-electron chi connectivity index (χ4n) is 3.19. The van der Waals surface area contributed by atoms with Gasteiger partial charge in [0.2, 0.25) is 5.91 Å². The Labute approximate surface area is 118 Å². The highest BCUT2D eigenvalue weighted by Gasteiger charge is 2.50. The Balaban J connectivity index is 1.66. The highest BCUT2D eigenvalue weighted by molar-refractivity contribution is 5.89. The van der Waals surface area contributed by atoms with Crippen LogP contribution in [0.5, 0.6) is 0 Å². The molecule has 1 aromatic carbocycles. The predicted molar refractivity (Wildman–Crippen MR) is 74.3 cm³/mol. The summed E-state index contributed by atoms with van der Waals surface area (Å²) < 4.78 is 0. The van der Waals surface area contributed by atoms with Gasteiger partial charge in [0.25, 0.3) is 0 Å². The maximum absolute atomic E-state index is 12.3. The van der Waals surface area contributed by atoms with Crippen LogP contribution in [-0.2, 0) is 22.4 Å². The second-order valence-corrected chi connectivity index (χ2v) is 5.90. The SMILES string of the molecule is CN(C(=O)[C@@H]1C[C@H]1C(=O)O)[C@H]1CCc2ccccc2C1. The number of nitrogens with zero attached hydrogens (tertiary/aromatic N) is 1. The molecule has 106 valence electrons. The summed E-state index contributed by atoms with van der Waals surface area (Å²) >= 11 is 0. The molecule has 0 radical (unpaired) electrons. The molecule has 3 atom stereocenters. The third kappa shape index (κ3) is 2.30. The normalized spacial score (nSPS) is 27.6. The van der Waals surface area contributed by atoms with Crippen molar-refractivity contribution in [3.8, 4) is 0 Å². The van der Waals surface area contributed by atoms with Gasteiger partial charge in [-0.15, -0.1) is 0 Å². The number of amides is 1. The Bertz CT molecular complexity index is 554. The van der Waals surface area contributed by atoms with Crippen molar-refractivity contribution in [3.63, 3.8) is 0 Å². The van der Waals surface area contributed by atoms with Crippen LogP contribution < -0.4 is 0 Å². The first-order chi connectivity index (χ1) is 9.58. The summed E-state index contributed by atoms with van der Waals surface area (Å²) in [5.41, 5.74) is 2.69. The van der Waals surface area contributed by atoms with Gasteiger partial charge >= 0.3 is 5.97 Å². The van der Waals surface area contributed by atoms with Crippen LogP contribution in [0.25, 0.3) is 0 Å². The molecule has 1 amide bonds. The zero-order valence-electron chi connectivity index (χ0n) is 11.6. The number of hydrogen-bond donors (Lipinski definition) is 1. The fourth-order valence-corrected chi connectivity index (χ4v) is 3.19. The molecule has 20 heavy (non-hydrogen) atoms. The van der Waals surface area contributed by atoms with Gasteiger partial charge in [-0.05, 0) is 36.8 Å². The predicted octanol–water partition coefficient (Wildman–Crippen LogP) is 1.72. The summed E-state index contributed by atoms with van der Waals surface area (Å²) in [6.45, 7) is 0. The van der Waals surface area contributed by atoms with E-state index in [0.29, 0.717) is 6.42 Å². The van der Waals surface area contributed by atoms with E-state index in [0.717, 1.165) is 19.3 Å². The highest BCUT2D eigenvalue weighted by atomic mass is 16.4. The summed E-state index contributed by atoms with van der Waals surface area (Å²) in [6.07, 6.45) is 3.33. The van der Waals surface area contributed by atoms with Gasteiger partial charge in [0, 0.05) is 13.1 Å². The number of benzene rings is 1. The zero-order chi connectivity index (χ0) is 14.3. The quantitative estimate of drug-likeness (QED) is 0.912.